The van der Waals surface area contributed by atoms with Crippen LogP contribution in [0.3, 0.4) is 0 Å². The Kier molecular flexibility index (Phi) is 4.08. The maximum atomic E-state index is 11.1. The fourth-order valence-corrected chi connectivity index (χ4v) is 1.96. The second kappa shape index (κ2) is 5.11. The van der Waals surface area contributed by atoms with Crippen molar-refractivity contribution in [2.75, 3.05) is 13.1 Å². The normalized spacial score (nSPS) is 24.7. The van der Waals surface area contributed by atoms with Gasteiger partial charge in [0.25, 0.3) is 0 Å². The molecule has 86 valence electrons. The van der Waals surface area contributed by atoms with E-state index >= 15 is 0 Å². The zero-order valence-electron chi connectivity index (χ0n) is 8.98. The lowest BCUT2D eigenvalue weighted by molar-refractivity contribution is -0.142. The third-order valence-electron chi connectivity index (χ3n) is 2.87. The number of piperidine rings is 1. The van der Waals surface area contributed by atoms with Crippen molar-refractivity contribution in [3.8, 4) is 0 Å². The monoisotopic (exact) mass is 214 g/mol. The van der Waals surface area contributed by atoms with Crippen LogP contribution in [0.15, 0.2) is 0 Å². The highest BCUT2D eigenvalue weighted by atomic mass is 16.4. The van der Waals surface area contributed by atoms with Crippen molar-refractivity contribution >= 4 is 11.9 Å². The quantitative estimate of drug-likeness (QED) is 0.692. The first-order valence-electron chi connectivity index (χ1n) is 5.28. The molecule has 5 heteroatoms. The maximum absolute atomic E-state index is 11.1. The molecular formula is C10H18N2O3. The van der Waals surface area contributed by atoms with E-state index < -0.39 is 11.9 Å². The van der Waals surface area contributed by atoms with Gasteiger partial charge in [0.05, 0.1) is 12.0 Å². The Bertz CT molecular complexity index is 255. The summed E-state index contributed by atoms with van der Waals surface area (Å²) < 4.78 is 0. The van der Waals surface area contributed by atoms with Gasteiger partial charge in [-0.15, -0.1) is 0 Å². The second-order valence-corrected chi connectivity index (χ2v) is 4.15. The van der Waals surface area contributed by atoms with Crippen LogP contribution in [-0.4, -0.2) is 41.0 Å². The van der Waals surface area contributed by atoms with E-state index in [1.54, 1.807) is 6.92 Å². The minimum atomic E-state index is -0.830. The molecule has 1 saturated heterocycles. The Labute approximate surface area is 89.2 Å². The highest BCUT2D eigenvalue weighted by Crippen LogP contribution is 2.18. The molecule has 3 N–H and O–H groups in total. The minimum absolute atomic E-state index is 0.277. The summed E-state index contributed by atoms with van der Waals surface area (Å²) in [4.78, 5) is 23.7. The molecule has 2 atom stereocenters. The van der Waals surface area contributed by atoms with Crippen molar-refractivity contribution < 1.29 is 14.7 Å². The average molecular weight is 214 g/mol. The maximum Gasteiger partial charge on any atom is 0.307 e. The van der Waals surface area contributed by atoms with Crippen LogP contribution in [0.4, 0.5) is 0 Å². The van der Waals surface area contributed by atoms with Gasteiger partial charge in [-0.05, 0) is 19.4 Å². The minimum Gasteiger partial charge on any atom is -0.481 e. The van der Waals surface area contributed by atoms with Crippen molar-refractivity contribution in [3.63, 3.8) is 0 Å². The van der Waals surface area contributed by atoms with Crippen LogP contribution in [0.5, 0.6) is 0 Å². The number of carboxylic acid groups (broad SMARTS) is 1. The number of aliphatic carboxylic acids is 1. The third kappa shape index (κ3) is 3.20. The van der Waals surface area contributed by atoms with Gasteiger partial charge in [-0.1, -0.05) is 13.3 Å². The van der Waals surface area contributed by atoms with Crippen molar-refractivity contribution in [3.05, 3.63) is 0 Å². The fraction of sp³-hybridized carbons (Fsp3) is 0.800. The summed E-state index contributed by atoms with van der Waals surface area (Å²) in [6.45, 7) is 2.82. The Hall–Kier alpha value is -1.10. The molecule has 2 unspecified atom stereocenters. The Morgan fingerprint density at radius 1 is 1.53 bits per heavy atom. The van der Waals surface area contributed by atoms with E-state index in [0.29, 0.717) is 6.54 Å². The van der Waals surface area contributed by atoms with Crippen LogP contribution in [0.1, 0.15) is 26.2 Å². The molecule has 1 aliphatic rings. The van der Waals surface area contributed by atoms with Crippen LogP contribution >= 0.6 is 0 Å². The van der Waals surface area contributed by atoms with E-state index in [-0.39, 0.29) is 11.9 Å². The molecular weight excluding hydrogens is 196 g/mol. The van der Waals surface area contributed by atoms with Crippen molar-refractivity contribution in [2.24, 2.45) is 11.7 Å². The molecule has 0 radical (unpaired) electrons. The number of rotatable bonds is 4. The number of primary amides is 1. The second-order valence-electron chi connectivity index (χ2n) is 4.15. The number of nitrogens with zero attached hydrogens (tertiary/aromatic N) is 1. The molecule has 0 spiro atoms. The van der Waals surface area contributed by atoms with E-state index in [9.17, 15) is 9.59 Å². The van der Waals surface area contributed by atoms with E-state index in [1.165, 1.54) is 0 Å². The summed E-state index contributed by atoms with van der Waals surface area (Å²) in [6.07, 6.45) is 2.75. The van der Waals surface area contributed by atoms with Gasteiger partial charge in [0.15, 0.2) is 0 Å². The summed E-state index contributed by atoms with van der Waals surface area (Å²) in [6, 6.07) is -0.277. The molecule has 0 aliphatic carbocycles. The number of carbonyl (C=O) groups is 2. The topological polar surface area (TPSA) is 83.6 Å². The number of likely N-dealkylation sites (tertiary alicyclic amines) is 1. The summed E-state index contributed by atoms with van der Waals surface area (Å²) in [5.41, 5.74) is 5.28. The van der Waals surface area contributed by atoms with Crippen LogP contribution < -0.4 is 5.73 Å². The lowest BCUT2D eigenvalue weighted by atomic mass is 10.00. The number of amides is 1. The summed E-state index contributed by atoms with van der Waals surface area (Å²) in [5.74, 6) is -1.62. The van der Waals surface area contributed by atoms with Gasteiger partial charge in [0.2, 0.25) is 5.91 Å². The van der Waals surface area contributed by atoms with Gasteiger partial charge in [-0.2, -0.15) is 0 Å². The summed E-state index contributed by atoms with van der Waals surface area (Å²) in [5, 5.41) is 8.79. The van der Waals surface area contributed by atoms with Gasteiger partial charge >= 0.3 is 5.97 Å². The van der Waals surface area contributed by atoms with Crippen LogP contribution in [-0.2, 0) is 9.59 Å². The Morgan fingerprint density at radius 3 is 2.73 bits per heavy atom. The Morgan fingerprint density at radius 2 is 2.20 bits per heavy atom. The highest BCUT2D eigenvalue weighted by molar-refractivity contribution is 5.80. The molecule has 0 bridgehead atoms. The van der Waals surface area contributed by atoms with E-state index in [4.69, 9.17) is 10.8 Å². The number of hydrogen-bond donors (Lipinski definition) is 2. The summed E-state index contributed by atoms with van der Waals surface area (Å²) in [7, 11) is 0. The molecule has 5 nitrogen and oxygen atoms in total. The van der Waals surface area contributed by atoms with Crippen LogP contribution in [0.2, 0.25) is 0 Å². The van der Waals surface area contributed by atoms with E-state index in [0.717, 1.165) is 25.8 Å². The van der Waals surface area contributed by atoms with Crippen molar-refractivity contribution in [1.29, 1.82) is 0 Å². The molecule has 1 aliphatic heterocycles. The lowest BCUT2D eigenvalue weighted by Gasteiger charge is -2.34. The van der Waals surface area contributed by atoms with Gasteiger partial charge in [-0.25, -0.2) is 0 Å². The molecule has 0 aromatic carbocycles. The van der Waals surface area contributed by atoms with Gasteiger partial charge in [0, 0.05) is 6.54 Å². The molecule has 0 aromatic heterocycles. The lowest BCUT2D eigenvalue weighted by Crippen LogP contribution is -2.49. The van der Waals surface area contributed by atoms with E-state index in [2.05, 4.69) is 0 Å². The molecule has 1 rings (SSSR count). The molecule has 1 heterocycles. The first-order valence-corrected chi connectivity index (χ1v) is 5.28. The first-order chi connectivity index (χ1) is 7.02. The smallest absolute Gasteiger partial charge is 0.307 e. The van der Waals surface area contributed by atoms with Crippen molar-refractivity contribution in [1.82, 2.24) is 4.90 Å². The van der Waals surface area contributed by atoms with Crippen LogP contribution in [0.25, 0.3) is 0 Å². The standard InChI is InChI=1S/C10H18N2O3/c1-7(10(14)15)6-12-5-3-2-4-8(12)9(11)13/h7-8H,2-6H2,1H3,(H2,11,13)(H,14,15). The van der Waals surface area contributed by atoms with Crippen LogP contribution in [0, 0.1) is 5.92 Å². The third-order valence-corrected chi connectivity index (χ3v) is 2.87. The molecule has 0 saturated carbocycles. The predicted octanol–water partition coefficient (Wildman–Crippen LogP) is 0.0469. The summed E-state index contributed by atoms with van der Waals surface area (Å²) >= 11 is 0. The Balaban J connectivity index is 2.56. The number of hydrogen-bond acceptors (Lipinski definition) is 3. The van der Waals surface area contributed by atoms with E-state index in [1.807, 2.05) is 4.90 Å². The number of carbonyl (C=O) groups excluding carboxylic acids is 1. The SMILES string of the molecule is CC(CN1CCCCC1C(N)=O)C(=O)O. The molecule has 1 fully saturated rings. The number of carboxylic acids is 1. The average Bonchev–Trinajstić information content (AvgIpc) is 2.18. The van der Waals surface area contributed by atoms with Crippen molar-refractivity contribution in [2.45, 2.75) is 32.2 Å². The first kappa shape index (κ1) is 12.0. The number of nitrogens with two attached hydrogens (primary N) is 1. The fourth-order valence-electron chi connectivity index (χ4n) is 1.96. The van der Waals surface area contributed by atoms with Gasteiger partial charge < -0.3 is 10.8 Å². The largest absolute Gasteiger partial charge is 0.481 e. The zero-order valence-corrected chi connectivity index (χ0v) is 8.98. The zero-order chi connectivity index (χ0) is 11.4. The highest BCUT2D eigenvalue weighted by Gasteiger charge is 2.29. The van der Waals surface area contributed by atoms with Gasteiger partial charge in [0.1, 0.15) is 0 Å². The molecule has 15 heavy (non-hydrogen) atoms. The van der Waals surface area contributed by atoms with Gasteiger partial charge in [-0.3, -0.25) is 14.5 Å². The molecule has 0 aromatic rings. The molecule has 1 amide bonds. The predicted molar refractivity (Wildman–Crippen MR) is 55.2 cm³/mol.